The molecule has 1 heterocycles. The molecule has 1 amide bonds. The van der Waals surface area contributed by atoms with E-state index < -0.39 is 10.0 Å². The zero-order valence-electron chi connectivity index (χ0n) is 17.4. The molecule has 0 aliphatic rings. The van der Waals surface area contributed by atoms with Gasteiger partial charge < -0.3 is 9.88 Å². The predicted molar refractivity (Wildman–Crippen MR) is 119 cm³/mol. The van der Waals surface area contributed by atoms with E-state index in [9.17, 15) is 13.2 Å². The zero-order valence-corrected chi connectivity index (χ0v) is 19.0. The fourth-order valence-electron chi connectivity index (χ4n) is 3.28. The molecule has 1 aromatic heterocycles. The molecule has 0 aliphatic heterocycles. The number of carbonyl (C=O) groups is 1. The molecule has 7 nitrogen and oxygen atoms in total. The minimum Gasteiger partial charge on any atom is -0.328 e. The van der Waals surface area contributed by atoms with Gasteiger partial charge in [-0.2, -0.15) is 0 Å². The monoisotopic (exact) mass is 448 g/mol. The molecule has 0 bridgehead atoms. The molecule has 3 rings (SSSR count). The summed E-state index contributed by atoms with van der Waals surface area (Å²) in [5, 5.41) is 3.52. The van der Waals surface area contributed by atoms with Crippen LogP contribution in [0.15, 0.2) is 41.3 Å². The summed E-state index contributed by atoms with van der Waals surface area (Å²) in [5.74, 6) is 0.626. The van der Waals surface area contributed by atoms with Gasteiger partial charge in [-0.1, -0.05) is 11.6 Å². The van der Waals surface area contributed by atoms with Crippen LogP contribution in [0.1, 0.15) is 24.7 Å². The lowest BCUT2D eigenvalue weighted by molar-refractivity contribution is -0.116. The van der Waals surface area contributed by atoms with Crippen LogP contribution in [-0.4, -0.2) is 42.3 Å². The van der Waals surface area contributed by atoms with Crippen LogP contribution < -0.4 is 5.32 Å². The maximum atomic E-state index is 12.4. The second-order valence-corrected chi connectivity index (χ2v) is 9.81. The van der Waals surface area contributed by atoms with Gasteiger partial charge in [0, 0.05) is 44.2 Å². The predicted octanol–water partition coefficient (Wildman–Crippen LogP) is 3.84. The van der Waals surface area contributed by atoms with Crippen LogP contribution in [-0.2, 0) is 27.8 Å². The van der Waals surface area contributed by atoms with Crippen molar-refractivity contribution in [1.82, 2.24) is 13.9 Å². The van der Waals surface area contributed by atoms with Crippen molar-refractivity contribution < 1.29 is 13.2 Å². The Morgan fingerprint density at radius 3 is 2.57 bits per heavy atom. The molecular weight excluding hydrogens is 424 g/mol. The summed E-state index contributed by atoms with van der Waals surface area (Å²) in [6.07, 6.45) is 0.699. The highest BCUT2D eigenvalue weighted by Gasteiger charge is 2.19. The second kappa shape index (κ2) is 8.75. The Labute approximate surface area is 181 Å². The van der Waals surface area contributed by atoms with Crippen molar-refractivity contribution >= 4 is 44.3 Å². The molecule has 0 spiro atoms. The Bertz CT molecular complexity index is 1200. The van der Waals surface area contributed by atoms with Gasteiger partial charge in [-0.15, -0.1) is 0 Å². The summed E-state index contributed by atoms with van der Waals surface area (Å²) < 4.78 is 28.0. The number of hydrogen-bond acceptors (Lipinski definition) is 4. The third-order valence-corrected chi connectivity index (χ3v) is 6.98. The van der Waals surface area contributed by atoms with Crippen molar-refractivity contribution in [3.05, 3.63) is 52.8 Å². The van der Waals surface area contributed by atoms with E-state index in [2.05, 4.69) is 10.3 Å². The number of carbonyl (C=O) groups excluding carboxylic acids is 1. The van der Waals surface area contributed by atoms with Gasteiger partial charge in [-0.25, -0.2) is 17.7 Å². The van der Waals surface area contributed by atoms with Crippen LogP contribution >= 0.6 is 11.6 Å². The summed E-state index contributed by atoms with van der Waals surface area (Å²) >= 11 is 5.96. The average Bonchev–Trinajstić information content (AvgIpc) is 3.05. The van der Waals surface area contributed by atoms with Gasteiger partial charge in [0.05, 0.1) is 15.9 Å². The van der Waals surface area contributed by atoms with Crippen LogP contribution in [0.4, 0.5) is 5.69 Å². The lowest BCUT2D eigenvalue weighted by Crippen LogP contribution is -2.22. The average molecular weight is 449 g/mol. The van der Waals surface area contributed by atoms with Crippen LogP contribution in [0.3, 0.4) is 0 Å². The number of hydrogen-bond donors (Lipinski definition) is 1. The van der Waals surface area contributed by atoms with Gasteiger partial charge in [-0.3, -0.25) is 4.79 Å². The molecule has 2 aromatic carbocycles. The first kappa shape index (κ1) is 22.3. The lowest BCUT2D eigenvalue weighted by Gasteiger charge is -2.11. The zero-order chi connectivity index (χ0) is 22.1. The SMILES string of the molecule is CCn1c(CCC(=O)Nc2ccc(Cl)cc2C)nc2cc(S(=O)(=O)N(C)C)ccc21. The van der Waals surface area contributed by atoms with Crippen molar-refractivity contribution in [3.8, 4) is 0 Å². The van der Waals surface area contributed by atoms with Crippen LogP contribution in [0.2, 0.25) is 5.02 Å². The first-order valence-corrected chi connectivity index (χ1v) is 11.4. The minimum absolute atomic E-state index is 0.119. The van der Waals surface area contributed by atoms with Gasteiger partial charge in [0.1, 0.15) is 5.82 Å². The number of sulfonamides is 1. The van der Waals surface area contributed by atoms with Crippen LogP contribution in [0.25, 0.3) is 11.0 Å². The highest BCUT2D eigenvalue weighted by molar-refractivity contribution is 7.89. The fraction of sp³-hybridized carbons (Fsp3) is 0.333. The number of rotatable bonds is 7. The molecular formula is C21H25ClN4O3S. The summed E-state index contributed by atoms with van der Waals surface area (Å²) in [4.78, 5) is 17.2. The lowest BCUT2D eigenvalue weighted by atomic mass is 10.2. The maximum absolute atomic E-state index is 12.4. The summed E-state index contributed by atoms with van der Waals surface area (Å²) in [6.45, 7) is 4.55. The van der Waals surface area contributed by atoms with E-state index in [-0.39, 0.29) is 17.2 Å². The summed E-state index contributed by atoms with van der Waals surface area (Å²) in [6, 6.07) is 10.3. The van der Waals surface area contributed by atoms with Gasteiger partial charge in [-0.05, 0) is 55.8 Å². The van der Waals surface area contributed by atoms with Crippen molar-refractivity contribution in [2.75, 3.05) is 19.4 Å². The molecule has 160 valence electrons. The number of halogens is 1. The molecule has 0 saturated heterocycles. The normalized spacial score (nSPS) is 11.9. The Hall–Kier alpha value is -2.42. The van der Waals surface area contributed by atoms with Gasteiger partial charge in [0.2, 0.25) is 15.9 Å². The summed E-state index contributed by atoms with van der Waals surface area (Å²) in [7, 11) is -0.542. The van der Waals surface area contributed by atoms with E-state index in [4.69, 9.17) is 11.6 Å². The topological polar surface area (TPSA) is 84.3 Å². The first-order valence-electron chi connectivity index (χ1n) is 9.61. The Balaban J connectivity index is 1.81. The van der Waals surface area contributed by atoms with Gasteiger partial charge in [0.15, 0.2) is 0 Å². The first-order chi connectivity index (χ1) is 14.1. The third kappa shape index (κ3) is 4.50. The molecule has 0 saturated carbocycles. The highest BCUT2D eigenvalue weighted by atomic mass is 35.5. The number of nitrogens with zero attached hydrogens (tertiary/aromatic N) is 3. The largest absolute Gasteiger partial charge is 0.328 e. The number of imidazole rings is 1. The Morgan fingerprint density at radius 1 is 1.20 bits per heavy atom. The highest BCUT2D eigenvalue weighted by Crippen LogP contribution is 2.23. The van der Waals surface area contributed by atoms with Crippen molar-refractivity contribution in [1.29, 1.82) is 0 Å². The number of nitrogens with one attached hydrogen (secondary N) is 1. The van der Waals surface area contributed by atoms with Crippen molar-refractivity contribution in [2.24, 2.45) is 0 Å². The number of fused-ring (bicyclic) bond motifs is 1. The Kier molecular flexibility index (Phi) is 6.50. The fourth-order valence-corrected chi connectivity index (χ4v) is 4.43. The van der Waals surface area contributed by atoms with E-state index in [1.165, 1.54) is 18.4 Å². The number of anilines is 1. The molecule has 0 atom stereocenters. The van der Waals surface area contributed by atoms with Crippen molar-refractivity contribution in [3.63, 3.8) is 0 Å². The molecule has 9 heteroatoms. The molecule has 30 heavy (non-hydrogen) atoms. The van der Waals surface area contributed by atoms with E-state index in [0.29, 0.717) is 23.5 Å². The van der Waals surface area contributed by atoms with Crippen molar-refractivity contribution in [2.45, 2.75) is 38.1 Å². The molecule has 3 aromatic rings. The van der Waals surface area contributed by atoms with E-state index in [1.54, 1.807) is 36.4 Å². The molecule has 0 aliphatic carbocycles. The maximum Gasteiger partial charge on any atom is 0.242 e. The standard InChI is InChI=1S/C21H25ClN4O3S/c1-5-26-19-9-7-16(30(28,29)25(3)4)13-18(19)23-20(26)10-11-21(27)24-17-8-6-15(22)12-14(17)2/h6-9,12-13H,5,10-11H2,1-4H3,(H,24,27). The van der Waals surface area contributed by atoms with E-state index in [1.807, 2.05) is 18.4 Å². The van der Waals surface area contributed by atoms with Crippen LogP contribution in [0.5, 0.6) is 0 Å². The molecule has 1 N–H and O–H groups in total. The number of aryl methyl sites for hydroxylation is 3. The Morgan fingerprint density at radius 2 is 1.93 bits per heavy atom. The third-order valence-electron chi connectivity index (χ3n) is 4.93. The number of amides is 1. The summed E-state index contributed by atoms with van der Waals surface area (Å²) in [5.41, 5.74) is 3.07. The minimum atomic E-state index is -3.54. The smallest absolute Gasteiger partial charge is 0.242 e. The number of benzene rings is 2. The molecule has 0 unspecified atom stereocenters. The number of aromatic nitrogens is 2. The second-order valence-electron chi connectivity index (χ2n) is 7.22. The van der Waals surface area contributed by atoms with Gasteiger partial charge in [0.25, 0.3) is 0 Å². The van der Waals surface area contributed by atoms with Gasteiger partial charge >= 0.3 is 0 Å². The van der Waals surface area contributed by atoms with E-state index in [0.717, 1.165) is 22.6 Å². The van der Waals surface area contributed by atoms with E-state index >= 15 is 0 Å². The molecule has 0 fully saturated rings. The molecule has 0 radical (unpaired) electrons. The quantitative estimate of drug-likeness (QED) is 0.595. The van der Waals surface area contributed by atoms with Crippen LogP contribution in [0, 0.1) is 6.92 Å².